The van der Waals surface area contributed by atoms with Gasteiger partial charge in [-0.3, -0.25) is 4.79 Å². The van der Waals surface area contributed by atoms with E-state index in [-0.39, 0.29) is 18.4 Å². The molecule has 1 aliphatic rings. The fourth-order valence-electron chi connectivity index (χ4n) is 2.94. The van der Waals surface area contributed by atoms with Gasteiger partial charge in [-0.15, -0.1) is 0 Å². The average Bonchev–Trinajstić information content (AvgIpc) is 3.02. The predicted molar refractivity (Wildman–Crippen MR) is 104 cm³/mol. The Bertz CT molecular complexity index is 841. The number of nitrogens with zero attached hydrogens (tertiary/aromatic N) is 1. The molecule has 0 aliphatic carbocycles. The molecule has 142 valence electrons. The van der Waals surface area contributed by atoms with Crippen LogP contribution in [0.2, 0.25) is 5.02 Å². The number of carbonyl (C=O) groups excluding carboxylic acids is 2. The zero-order chi connectivity index (χ0) is 19.4. The molecule has 1 heterocycles. The summed E-state index contributed by atoms with van der Waals surface area (Å²) in [5.41, 5.74) is 1.32. The highest BCUT2D eigenvalue weighted by Gasteiger charge is 2.31. The van der Waals surface area contributed by atoms with Crippen LogP contribution in [0.5, 0.6) is 11.5 Å². The second kappa shape index (κ2) is 8.18. The SMILES string of the molecule is COc1ccc(NC(=O)N[C@H]2CC(=O)N(c3ccc(Cl)cc3)C2)cc1OC. The third kappa shape index (κ3) is 4.43. The van der Waals surface area contributed by atoms with E-state index in [0.717, 1.165) is 5.69 Å². The lowest BCUT2D eigenvalue weighted by molar-refractivity contribution is -0.117. The summed E-state index contributed by atoms with van der Waals surface area (Å²) in [6.45, 7) is 0.403. The van der Waals surface area contributed by atoms with Crippen molar-refractivity contribution in [1.29, 1.82) is 0 Å². The molecular formula is C19H20ClN3O4. The molecule has 2 aromatic carbocycles. The highest BCUT2D eigenvalue weighted by molar-refractivity contribution is 6.30. The smallest absolute Gasteiger partial charge is 0.319 e. The number of nitrogens with one attached hydrogen (secondary N) is 2. The van der Waals surface area contributed by atoms with Crippen LogP contribution in [0.4, 0.5) is 16.2 Å². The van der Waals surface area contributed by atoms with Crippen molar-refractivity contribution in [2.75, 3.05) is 31.0 Å². The number of urea groups is 1. The molecule has 1 aliphatic heterocycles. The summed E-state index contributed by atoms with van der Waals surface area (Å²) >= 11 is 5.88. The number of amides is 3. The Labute approximate surface area is 162 Å². The molecule has 0 saturated carbocycles. The average molecular weight is 390 g/mol. The van der Waals surface area contributed by atoms with Gasteiger partial charge >= 0.3 is 6.03 Å². The summed E-state index contributed by atoms with van der Waals surface area (Å²) in [5.74, 6) is 1.04. The molecule has 0 bridgehead atoms. The maximum Gasteiger partial charge on any atom is 0.319 e. The lowest BCUT2D eigenvalue weighted by Gasteiger charge is -2.17. The van der Waals surface area contributed by atoms with Crippen molar-refractivity contribution < 1.29 is 19.1 Å². The third-order valence-electron chi connectivity index (χ3n) is 4.24. The number of anilines is 2. The Morgan fingerprint density at radius 1 is 1.11 bits per heavy atom. The molecule has 3 rings (SSSR count). The molecule has 1 atom stereocenters. The lowest BCUT2D eigenvalue weighted by atomic mass is 10.2. The van der Waals surface area contributed by atoms with E-state index < -0.39 is 6.03 Å². The molecule has 0 spiro atoms. The monoisotopic (exact) mass is 389 g/mol. The van der Waals surface area contributed by atoms with Crippen molar-refractivity contribution in [2.45, 2.75) is 12.5 Å². The van der Waals surface area contributed by atoms with Crippen molar-refractivity contribution in [3.05, 3.63) is 47.5 Å². The highest BCUT2D eigenvalue weighted by atomic mass is 35.5. The fraction of sp³-hybridized carbons (Fsp3) is 0.263. The molecule has 0 unspecified atom stereocenters. The molecule has 2 aromatic rings. The van der Waals surface area contributed by atoms with Crippen LogP contribution in [0.15, 0.2) is 42.5 Å². The van der Waals surface area contributed by atoms with Gasteiger partial charge in [-0.05, 0) is 36.4 Å². The molecular weight excluding hydrogens is 370 g/mol. The molecule has 2 N–H and O–H groups in total. The van der Waals surface area contributed by atoms with Gasteiger partial charge in [0, 0.05) is 35.4 Å². The van der Waals surface area contributed by atoms with Crippen LogP contribution >= 0.6 is 11.6 Å². The summed E-state index contributed by atoms with van der Waals surface area (Å²) < 4.78 is 10.4. The van der Waals surface area contributed by atoms with Crippen LogP contribution in [-0.2, 0) is 4.79 Å². The number of ether oxygens (including phenoxy) is 2. The fourth-order valence-corrected chi connectivity index (χ4v) is 3.07. The topological polar surface area (TPSA) is 79.9 Å². The molecule has 8 heteroatoms. The maximum absolute atomic E-state index is 12.3. The number of rotatable bonds is 5. The van der Waals surface area contributed by atoms with Gasteiger partial charge in [-0.1, -0.05) is 11.6 Å². The molecule has 1 saturated heterocycles. The second-order valence-electron chi connectivity index (χ2n) is 6.05. The van der Waals surface area contributed by atoms with Crippen LogP contribution in [-0.4, -0.2) is 38.7 Å². The van der Waals surface area contributed by atoms with E-state index in [1.54, 1.807) is 54.5 Å². The van der Waals surface area contributed by atoms with E-state index in [1.807, 2.05) is 0 Å². The molecule has 1 fully saturated rings. The van der Waals surface area contributed by atoms with Crippen molar-refractivity contribution in [3.63, 3.8) is 0 Å². The number of benzene rings is 2. The van der Waals surface area contributed by atoms with Crippen LogP contribution in [0.1, 0.15) is 6.42 Å². The number of hydrogen-bond acceptors (Lipinski definition) is 4. The van der Waals surface area contributed by atoms with E-state index in [0.29, 0.717) is 28.8 Å². The normalized spacial score (nSPS) is 16.2. The number of carbonyl (C=O) groups is 2. The third-order valence-corrected chi connectivity index (χ3v) is 4.49. The molecule has 0 radical (unpaired) electrons. The van der Waals surface area contributed by atoms with Crippen molar-refractivity contribution >= 4 is 34.9 Å². The number of halogens is 1. The molecule has 27 heavy (non-hydrogen) atoms. The van der Waals surface area contributed by atoms with Gasteiger partial charge in [-0.2, -0.15) is 0 Å². The summed E-state index contributed by atoms with van der Waals surface area (Å²) in [6, 6.07) is 11.4. The Balaban J connectivity index is 1.60. The van der Waals surface area contributed by atoms with Crippen molar-refractivity contribution in [1.82, 2.24) is 5.32 Å². The standard InChI is InChI=1S/C19H20ClN3O4/c1-26-16-8-5-13(9-17(16)27-2)21-19(25)22-14-10-18(24)23(11-14)15-6-3-12(20)4-7-15/h3-9,14H,10-11H2,1-2H3,(H2,21,22,25)/t14-/m0/s1. The Morgan fingerprint density at radius 2 is 1.81 bits per heavy atom. The van der Waals surface area contributed by atoms with Gasteiger partial charge in [-0.25, -0.2) is 4.79 Å². The van der Waals surface area contributed by atoms with Crippen LogP contribution in [0.25, 0.3) is 0 Å². The van der Waals surface area contributed by atoms with E-state index in [2.05, 4.69) is 10.6 Å². The van der Waals surface area contributed by atoms with Crippen LogP contribution in [0.3, 0.4) is 0 Å². The Morgan fingerprint density at radius 3 is 2.48 bits per heavy atom. The van der Waals surface area contributed by atoms with Gasteiger partial charge in [0.25, 0.3) is 0 Å². The molecule has 7 nitrogen and oxygen atoms in total. The maximum atomic E-state index is 12.3. The first-order valence-electron chi connectivity index (χ1n) is 8.35. The summed E-state index contributed by atoms with van der Waals surface area (Å²) in [6.07, 6.45) is 0.238. The minimum absolute atomic E-state index is 0.0475. The second-order valence-corrected chi connectivity index (χ2v) is 6.49. The lowest BCUT2D eigenvalue weighted by Crippen LogP contribution is -2.39. The molecule has 3 amide bonds. The van der Waals surface area contributed by atoms with E-state index in [1.165, 1.54) is 7.11 Å². The van der Waals surface area contributed by atoms with Gasteiger partial charge < -0.3 is 25.0 Å². The zero-order valence-electron chi connectivity index (χ0n) is 15.0. The van der Waals surface area contributed by atoms with Gasteiger partial charge in [0.1, 0.15) is 0 Å². The van der Waals surface area contributed by atoms with Gasteiger partial charge in [0.05, 0.1) is 20.3 Å². The molecule has 0 aromatic heterocycles. The van der Waals surface area contributed by atoms with Crippen molar-refractivity contribution in [2.24, 2.45) is 0 Å². The largest absolute Gasteiger partial charge is 0.493 e. The van der Waals surface area contributed by atoms with E-state index >= 15 is 0 Å². The van der Waals surface area contributed by atoms with Crippen LogP contribution in [0, 0.1) is 0 Å². The van der Waals surface area contributed by atoms with Gasteiger partial charge in [0.2, 0.25) is 5.91 Å². The Kier molecular flexibility index (Phi) is 5.71. The van der Waals surface area contributed by atoms with Crippen molar-refractivity contribution in [3.8, 4) is 11.5 Å². The summed E-state index contributed by atoms with van der Waals surface area (Å²) in [7, 11) is 3.07. The first-order chi connectivity index (χ1) is 13.0. The predicted octanol–water partition coefficient (Wildman–Crippen LogP) is 3.28. The minimum Gasteiger partial charge on any atom is -0.493 e. The van der Waals surface area contributed by atoms with E-state index in [9.17, 15) is 9.59 Å². The van der Waals surface area contributed by atoms with Crippen LogP contribution < -0.4 is 25.0 Å². The number of hydrogen-bond donors (Lipinski definition) is 2. The quantitative estimate of drug-likeness (QED) is 0.822. The minimum atomic E-state index is -0.391. The Hall–Kier alpha value is -2.93. The number of methoxy groups -OCH3 is 2. The zero-order valence-corrected chi connectivity index (χ0v) is 15.7. The highest BCUT2D eigenvalue weighted by Crippen LogP contribution is 2.29. The first kappa shape index (κ1) is 18.8. The van der Waals surface area contributed by atoms with Gasteiger partial charge in [0.15, 0.2) is 11.5 Å². The van der Waals surface area contributed by atoms with E-state index in [4.69, 9.17) is 21.1 Å². The summed E-state index contributed by atoms with van der Waals surface area (Å²) in [5, 5.41) is 6.17. The summed E-state index contributed by atoms with van der Waals surface area (Å²) in [4.78, 5) is 26.2. The first-order valence-corrected chi connectivity index (χ1v) is 8.73.